The Hall–Kier alpha value is -1.91. The molecule has 4 nitrogen and oxygen atoms in total. The first-order valence-electron chi connectivity index (χ1n) is 7.65. The summed E-state index contributed by atoms with van der Waals surface area (Å²) in [6, 6.07) is 4.51. The van der Waals surface area contributed by atoms with Gasteiger partial charge in [0.1, 0.15) is 11.5 Å². The molecule has 22 heavy (non-hydrogen) atoms. The molecule has 122 valence electrons. The number of unbranched alkanes of at least 4 members (excludes halogenated alkanes) is 1. The number of benzene rings is 1. The van der Waals surface area contributed by atoms with Crippen molar-refractivity contribution >= 4 is 11.6 Å². The third kappa shape index (κ3) is 5.13. The van der Waals surface area contributed by atoms with E-state index >= 15 is 0 Å². The number of halogens is 1. The van der Waals surface area contributed by atoms with Crippen LogP contribution in [0.1, 0.15) is 50.4 Å². The van der Waals surface area contributed by atoms with Gasteiger partial charge in [-0.1, -0.05) is 13.3 Å². The molecule has 0 aromatic heterocycles. The molecule has 0 saturated heterocycles. The zero-order valence-corrected chi connectivity index (χ0v) is 13.4. The van der Waals surface area contributed by atoms with Crippen LogP contribution in [0.5, 0.6) is 11.5 Å². The quantitative estimate of drug-likeness (QED) is 0.488. The van der Waals surface area contributed by atoms with E-state index in [9.17, 15) is 14.0 Å². The van der Waals surface area contributed by atoms with Gasteiger partial charge in [0.05, 0.1) is 13.2 Å². The van der Waals surface area contributed by atoms with Crippen LogP contribution >= 0.6 is 0 Å². The summed E-state index contributed by atoms with van der Waals surface area (Å²) in [6.07, 6.45) is -0.693. The van der Waals surface area contributed by atoms with Crippen molar-refractivity contribution in [2.24, 2.45) is 0 Å². The fraction of sp³-hybridized carbons (Fsp3) is 0.529. The molecule has 5 heteroatoms. The maximum absolute atomic E-state index is 14.1. The molecule has 1 aromatic carbocycles. The minimum absolute atomic E-state index is 0.0763. The van der Waals surface area contributed by atoms with Crippen molar-refractivity contribution in [1.82, 2.24) is 0 Å². The maximum atomic E-state index is 14.1. The number of hydrogen-bond donors (Lipinski definition) is 0. The minimum Gasteiger partial charge on any atom is -0.494 e. The minimum atomic E-state index is -2.13. The normalized spacial score (nSPS) is 11.8. The van der Waals surface area contributed by atoms with Crippen LogP contribution in [0.4, 0.5) is 4.39 Å². The summed E-state index contributed by atoms with van der Waals surface area (Å²) in [7, 11) is 0. The highest BCUT2D eigenvalue weighted by molar-refractivity contribution is 6.13. The third-order valence-corrected chi connectivity index (χ3v) is 3.08. The van der Waals surface area contributed by atoms with Gasteiger partial charge in [0.2, 0.25) is 12.0 Å². The largest absolute Gasteiger partial charge is 0.494 e. The monoisotopic (exact) mass is 310 g/mol. The van der Waals surface area contributed by atoms with Crippen molar-refractivity contribution in [3.05, 3.63) is 23.8 Å². The van der Waals surface area contributed by atoms with E-state index in [1.807, 2.05) is 6.92 Å². The molecular formula is C17H23FO4. The Bertz CT molecular complexity index is 489. The van der Waals surface area contributed by atoms with E-state index in [-0.39, 0.29) is 12.0 Å². The van der Waals surface area contributed by atoms with Crippen LogP contribution in [0.2, 0.25) is 0 Å². The van der Waals surface area contributed by atoms with E-state index in [4.69, 9.17) is 9.47 Å². The molecular weight excluding hydrogens is 287 g/mol. The average molecular weight is 310 g/mol. The Morgan fingerprint density at radius 3 is 2.05 bits per heavy atom. The first-order valence-corrected chi connectivity index (χ1v) is 7.65. The fourth-order valence-corrected chi connectivity index (χ4v) is 1.98. The second kappa shape index (κ2) is 9.18. The van der Waals surface area contributed by atoms with Crippen molar-refractivity contribution in [1.29, 1.82) is 0 Å². The lowest BCUT2D eigenvalue weighted by Gasteiger charge is -2.11. The summed E-state index contributed by atoms with van der Waals surface area (Å²) in [5.74, 6) is -0.676. The smallest absolute Gasteiger partial charge is 0.220 e. The number of Topliss-reactive ketones (excluding diaryl/α,β-unsaturated/α-hetero) is 2. The molecule has 0 bridgehead atoms. The van der Waals surface area contributed by atoms with Gasteiger partial charge in [-0.2, -0.15) is 0 Å². The van der Waals surface area contributed by atoms with Gasteiger partial charge < -0.3 is 9.47 Å². The number of carbonyl (C=O) groups excluding carboxylic acids is 2. The molecule has 1 rings (SSSR count). The lowest BCUT2D eigenvalue weighted by molar-refractivity contribution is -0.122. The summed E-state index contributed by atoms with van der Waals surface area (Å²) in [6.45, 7) is 6.35. The molecule has 0 aliphatic heterocycles. The molecule has 0 heterocycles. The van der Waals surface area contributed by atoms with Crippen molar-refractivity contribution in [2.75, 3.05) is 13.2 Å². The Kier molecular flexibility index (Phi) is 7.57. The van der Waals surface area contributed by atoms with Crippen LogP contribution in [0.25, 0.3) is 0 Å². The average Bonchev–Trinajstić information content (AvgIpc) is 2.51. The van der Waals surface area contributed by atoms with E-state index in [1.54, 1.807) is 19.9 Å². The summed E-state index contributed by atoms with van der Waals surface area (Å²) in [4.78, 5) is 23.8. The van der Waals surface area contributed by atoms with Crippen LogP contribution in [0.3, 0.4) is 0 Å². The van der Waals surface area contributed by atoms with Gasteiger partial charge >= 0.3 is 0 Å². The van der Waals surface area contributed by atoms with Gasteiger partial charge in [-0.15, -0.1) is 0 Å². The lowest BCUT2D eigenvalue weighted by Crippen LogP contribution is -2.25. The predicted octanol–water partition coefficient (Wildman–Crippen LogP) is 3.76. The molecule has 1 aromatic rings. The summed E-state index contributed by atoms with van der Waals surface area (Å²) < 4.78 is 24.8. The van der Waals surface area contributed by atoms with Gasteiger partial charge in [0, 0.05) is 18.1 Å². The number of rotatable bonds is 10. The summed E-state index contributed by atoms with van der Waals surface area (Å²) in [5, 5.41) is 0. The molecule has 0 amide bonds. The van der Waals surface area contributed by atoms with Crippen LogP contribution in [-0.4, -0.2) is 31.0 Å². The van der Waals surface area contributed by atoms with Gasteiger partial charge in [0.15, 0.2) is 5.78 Å². The standard InChI is InChI=1S/C17H23FO4/c1-4-7-8-15(19)16(18)17(20)12-9-13(21-5-2)11-14(10-12)22-6-3/h9-11,16H,4-8H2,1-3H3. The van der Waals surface area contributed by atoms with Crippen LogP contribution in [0.15, 0.2) is 18.2 Å². The Balaban J connectivity index is 2.97. The van der Waals surface area contributed by atoms with Crippen molar-refractivity contribution < 1.29 is 23.5 Å². The topological polar surface area (TPSA) is 52.6 Å². The first kappa shape index (κ1) is 18.1. The zero-order valence-electron chi connectivity index (χ0n) is 13.4. The molecule has 1 atom stereocenters. The second-order valence-electron chi connectivity index (χ2n) is 4.86. The Morgan fingerprint density at radius 2 is 1.59 bits per heavy atom. The van der Waals surface area contributed by atoms with Gasteiger partial charge in [-0.05, 0) is 32.4 Å². The molecule has 1 unspecified atom stereocenters. The van der Waals surface area contributed by atoms with Crippen molar-refractivity contribution in [2.45, 2.75) is 46.2 Å². The van der Waals surface area contributed by atoms with Crippen LogP contribution in [0, 0.1) is 0 Å². The van der Waals surface area contributed by atoms with Gasteiger partial charge in [-0.25, -0.2) is 4.39 Å². The van der Waals surface area contributed by atoms with Gasteiger partial charge in [-0.3, -0.25) is 9.59 Å². The Morgan fingerprint density at radius 1 is 1.05 bits per heavy atom. The highest BCUT2D eigenvalue weighted by Crippen LogP contribution is 2.25. The number of ketones is 2. The molecule has 0 aliphatic rings. The number of carbonyl (C=O) groups is 2. The van der Waals surface area contributed by atoms with Crippen molar-refractivity contribution in [3.63, 3.8) is 0 Å². The number of hydrogen-bond acceptors (Lipinski definition) is 4. The first-order chi connectivity index (χ1) is 10.5. The molecule has 0 spiro atoms. The highest BCUT2D eigenvalue weighted by atomic mass is 19.1. The number of ether oxygens (including phenoxy) is 2. The van der Waals surface area contributed by atoms with Gasteiger partial charge in [0.25, 0.3) is 0 Å². The number of alkyl halides is 1. The zero-order chi connectivity index (χ0) is 16.5. The van der Waals surface area contributed by atoms with E-state index in [0.717, 1.165) is 6.42 Å². The highest BCUT2D eigenvalue weighted by Gasteiger charge is 2.27. The SMILES string of the molecule is CCCCC(=O)C(F)C(=O)c1cc(OCC)cc(OCC)c1. The van der Waals surface area contributed by atoms with E-state index in [2.05, 4.69) is 0 Å². The van der Waals surface area contributed by atoms with E-state index in [1.165, 1.54) is 12.1 Å². The van der Waals surface area contributed by atoms with Crippen LogP contribution < -0.4 is 9.47 Å². The van der Waals surface area contributed by atoms with E-state index < -0.39 is 17.7 Å². The second-order valence-corrected chi connectivity index (χ2v) is 4.86. The van der Waals surface area contributed by atoms with Crippen molar-refractivity contribution in [3.8, 4) is 11.5 Å². The Labute approximate surface area is 130 Å². The molecule has 0 N–H and O–H groups in total. The molecule has 0 fully saturated rings. The molecule has 0 saturated carbocycles. The summed E-state index contributed by atoms with van der Waals surface area (Å²) >= 11 is 0. The lowest BCUT2D eigenvalue weighted by atomic mass is 10.0. The summed E-state index contributed by atoms with van der Waals surface area (Å²) in [5.41, 5.74) is 0.0896. The maximum Gasteiger partial charge on any atom is 0.220 e. The third-order valence-electron chi connectivity index (χ3n) is 3.08. The van der Waals surface area contributed by atoms with E-state index in [0.29, 0.717) is 31.1 Å². The van der Waals surface area contributed by atoms with Crippen LogP contribution in [-0.2, 0) is 4.79 Å². The molecule has 0 radical (unpaired) electrons. The molecule has 0 aliphatic carbocycles. The predicted molar refractivity (Wildman–Crippen MR) is 82.5 cm³/mol. The fourth-order valence-electron chi connectivity index (χ4n) is 1.98.